The third kappa shape index (κ3) is 3.41. The first-order valence-corrected chi connectivity index (χ1v) is 10.1. The van der Waals surface area contributed by atoms with Gasteiger partial charge < -0.3 is 0 Å². The van der Waals surface area contributed by atoms with Gasteiger partial charge in [0.1, 0.15) is 0 Å². The van der Waals surface area contributed by atoms with Gasteiger partial charge in [-0.25, -0.2) is 0 Å². The van der Waals surface area contributed by atoms with Crippen LogP contribution in [0, 0.1) is 0 Å². The first kappa shape index (κ1) is 16.6. The second-order valence-electron chi connectivity index (χ2n) is 5.84. The van der Waals surface area contributed by atoms with Gasteiger partial charge in [0.05, 0.1) is 0 Å². The number of benzene rings is 3. The second-order valence-corrected chi connectivity index (χ2v) is 8.07. The predicted octanol–water partition coefficient (Wildman–Crippen LogP) is 5.44. The zero-order valence-corrected chi connectivity index (χ0v) is 15.8. The van der Waals surface area contributed by atoms with Crippen molar-refractivity contribution in [1.82, 2.24) is 0 Å². The number of anilines is 3. The van der Waals surface area contributed by atoms with E-state index in [1.54, 1.807) is 0 Å². The molecular weight excluding hydrogens is 385 g/mol. The Bertz CT molecular complexity index is 955. The standard InChI is InChI=1S/C23H17NOSe/c25-23(18-10-4-1-5-11-18)21-16-17-22(26-21)24(19-12-6-2-7-13-19)20-14-8-3-9-15-20/h1-17H. The molecule has 0 saturated carbocycles. The van der Waals surface area contributed by atoms with E-state index in [2.05, 4.69) is 35.2 Å². The normalized spacial score (nSPS) is 10.5. The molecule has 0 aliphatic carbocycles. The summed E-state index contributed by atoms with van der Waals surface area (Å²) in [6.45, 7) is 0. The zero-order valence-electron chi connectivity index (χ0n) is 14.1. The van der Waals surface area contributed by atoms with Crippen LogP contribution in [-0.2, 0) is 0 Å². The van der Waals surface area contributed by atoms with Crippen LogP contribution in [0.2, 0.25) is 0 Å². The predicted molar refractivity (Wildman–Crippen MR) is 108 cm³/mol. The van der Waals surface area contributed by atoms with Crippen molar-refractivity contribution >= 4 is 36.2 Å². The number of carbonyl (C=O) groups is 1. The Morgan fingerprint density at radius 2 is 1.12 bits per heavy atom. The fourth-order valence-corrected chi connectivity index (χ4v) is 4.98. The van der Waals surface area contributed by atoms with Crippen LogP contribution in [0.25, 0.3) is 0 Å². The summed E-state index contributed by atoms with van der Waals surface area (Å²) in [5, 5.41) is 0. The van der Waals surface area contributed by atoms with E-state index in [0.717, 1.165) is 25.9 Å². The summed E-state index contributed by atoms with van der Waals surface area (Å²) in [6.07, 6.45) is 0. The molecule has 0 atom stereocenters. The monoisotopic (exact) mass is 403 g/mol. The number of rotatable bonds is 5. The maximum absolute atomic E-state index is 12.8. The topological polar surface area (TPSA) is 20.3 Å². The van der Waals surface area contributed by atoms with Crippen molar-refractivity contribution in [3.05, 3.63) is 113 Å². The van der Waals surface area contributed by atoms with E-state index in [1.165, 1.54) is 0 Å². The van der Waals surface area contributed by atoms with Crippen LogP contribution in [0.4, 0.5) is 15.9 Å². The minimum absolute atomic E-state index is 0.0430. The summed E-state index contributed by atoms with van der Waals surface area (Å²) < 4.78 is 2.05. The molecule has 4 rings (SSSR count). The average molecular weight is 402 g/mol. The summed E-state index contributed by atoms with van der Waals surface area (Å²) in [5.74, 6) is 0.123. The van der Waals surface area contributed by atoms with Crippen LogP contribution in [0.5, 0.6) is 0 Å². The quantitative estimate of drug-likeness (QED) is 0.327. The van der Waals surface area contributed by atoms with Gasteiger partial charge in [-0.1, -0.05) is 0 Å². The number of hydrogen-bond acceptors (Lipinski definition) is 2. The molecule has 4 aromatic rings. The summed E-state index contributed by atoms with van der Waals surface area (Å²) in [6, 6.07) is 34.1. The molecule has 0 bridgehead atoms. The number of ketones is 1. The molecule has 2 nitrogen and oxygen atoms in total. The van der Waals surface area contributed by atoms with E-state index in [0.29, 0.717) is 0 Å². The molecule has 3 aromatic carbocycles. The van der Waals surface area contributed by atoms with E-state index >= 15 is 0 Å². The van der Waals surface area contributed by atoms with Gasteiger partial charge in [-0.3, -0.25) is 0 Å². The molecule has 0 amide bonds. The first-order chi connectivity index (χ1) is 12.8. The number of hydrogen-bond donors (Lipinski definition) is 0. The molecule has 3 heteroatoms. The summed E-state index contributed by atoms with van der Waals surface area (Å²) >= 11 is -0.0430. The number of nitrogens with zero attached hydrogens (tertiary/aromatic N) is 1. The third-order valence-corrected chi connectivity index (χ3v) is 6.34. The van der Waals surface area contributed by atoms with Gasteiger partial charge in [0.15, 0.2) is 0 Å². The molecule has 0 spiro atoms. The fraction of sp³-hybridized carbons (Fsp3) is 0. The van der Waals surface area contributed by atoms with Crippen LogP contribution >= 0.6 is 0 Å². The van der Waals surface area contributed by atoms with Crippen LogP contribution in [0.15, 0.2) is 103 Å². The van der Waals surface area contributed by atoms with Gasteiger partial charge in [-0.2, -0.15) is 0 Å². The summed E-state index contributed by atoms with van der Waals surface area (Å²) in [4.78, 5) is 15.0. The molecule has 1 heterocycles. The summed E-state index contributed by atoms with van der Waals surface area (Å²) in [7, 11) is 0. The average Bonchev–Trinajstić information content (AvgIpc) is 3.19. The molecule has 1 aromatic heterocycles. The van der Waals surface area contributed by atoms with Gasteiger partial charge in [0.25, 0.3) is 0 Å². The van der Waals surface area contributed by atoms with Gasteiger partial charge in [0.2, 0.25) is 0 Å². The van der Waals surface area contributed by atoms with Gasteiger partial charge in [0, 0.05) is 0 Å². The van der Waals surface area contributed by atoms with E-state index in [4.69, 9.17) is 0 Å². The minimum atomic E-state index is -0.0430. The van der Waals surface area contributed by atoms with Crippen LogP contribution < -0.4 is 4.90 Å². The van der Waals surface area contributed by atoms with Crippen molar-refractivity contribution in [3.8, 4) is 0 Å². The molecule has 0 N–H and O–H groups in total. The van der Waals surface area contributed by atoms with Gasteiger partial charge >= 0.3 is 159 Å². The van der Waals surface area contributed by atoms with Crippen molar-refractivity contribution < 1.29 is 4.79 Å². The molecule has 0 fully saturated rings. The number of para-hydroxylation sites is 2. The maximum atomic E-state index is 12.8. The molecule has 0 aliphatic rings. The van der Waals surface area contributed by atoms with Crippen LogP contribution in [0.1, 0.15) is 14.8 Å². The molecule has 0 unspecified atom stereocenters. The van der Waals surface area contributed by atoms with Crippen molar-refractivity contribution in [2.45, 2.75) is 0 Å². The van der Waals surface area contributed by atoms with Crippen LogP contribution in [-0.4, -0.2) is 20.3 Å². The molecule has 0 aliphatic heterocycles. The summed E-state index contributed by atoms with van der Waals surface area (Å²) in [5.41, 5.74) is 2.96. The van der Waals surface area contributed by atoms with Gasteiger partial charge in [-0.05, 0) is 0 Å². The van der Waals surface area contributed by atoms with E-state index < -0.39 is 0 Å². The Kier molecular flexibility index (Phi) is 4.83. The Balaban J connectivity index is 1.74. The Morgan fingerprint density at radius 1 is 0.615 bits per heavy atom. The Morgan fingerprint density at radius 3 is 1.65 bits per heavy atom. The fourth-order valence-electron chi connectivity index (χ4n) is 2.86. The number of carbonyl (C=O) groups excluding carboxylic acids is 1. The molecule has 0 radical (unpaired) electrons. The van der Waals surface area contributed by atoms with Crippen molar-refractivity contribution in [2.75, 3.05) is 4.90 Å². The van der Waals surface area contributed by atoms with Gasteiger partial charge in [-0.15, -0.1) is 0 Å². The molecule has 26 heavy (non-hydrogen) atoms. The Hall–Kier alpha value is -2.87. The van der Waals surface area contributed by atoms with E-state index in [-0.39, 0.29) is 20.3 Å². The van der Waals surface area contributed by atoms with E-state index in [9.17, 15) is 4.79 Å². The van der Waals surface area contributed by atoms with Crippen molar-refractivity contribution in [3.63, 3.8) is 0 Å². The van der Waals surface area contributed by atoms with Crippen molar-refractivity contribution in [2.24, 2.45) is 0 Å². The zero-order chi connectivity index (χ0) is 17.8. The SMILES string of the molecule is O=C(c1ccccc1)c1ccc(N(c2ccccc2)c2ccccc2)[se]1. The first-order valence-electron chi connectivity index (χ1n) is 8.43. The molecular formula is C23H17NOSe. The second kappa shape index (κ2) is 7.57. The molecule has 0 saturated heterocycles. The Labute approximate surface area is 159 Å². The van der Waals surface area contributed by atoms with Crippen LogP contribution in [0.3, 0.4) is 0 Å². The van der Waals surface area contributed by atoms with E-state index in [1.807, 2.05) is 72.8 Å². The molecule has 126 valence electrons. The van der Waals surface area contributed by atoms with Crippen molar-refractivity contribution in [1.29, 1.82) is 0 Å². The third-order valence-electron chi connectivity index (χ3n) is 4.10.